The fourth-order valence-electron chi connectivity index (χ4n) is 2.02. The average Bonchev–Trinajstić information content (AvgIpc) is 2.30. The van der Waals surface area contributed by atoms with E-state index in [0.717, 1.165) is 30.6 Å². The maximum atomic E-state index is 12.1. The van der Waals surface area contributed by atoms with Gasteiger partial charge >= 0.3 is 0 Å². The third kappa shape index (κ3) is 2.26. The Morgan fingerprint density at radius 3 is 2.87 bits per heavy atom. The Morgan fingerprint density at radius 1 is 1.40 bits per heavy atom. The fourth-order valence-corrected chi connectivity index (χ4v) is 2.02. The Morgan fingerprint density at radius 2 is 2.20 bits per heavy atom. The van der Waals surface area contributed by atoms with E-state index in [9.17, 15) is 4.79 Å². The Kier molecular flexibility index (Phi) is 3.17. The number of carbonyl (C=O) groups excluding carboxylic acids is 1. The second-order valence-electron chi connectivity index (χ2n) is 4.09. The lowest BCUT2D eigenvalue weighted by atomic mass is 9.91. The van der Waals surface area contributed by atoms with Gasteiger partial charge in [-0.05, 0) is 25.3 Å². The van der Waals surface area contributed by atoms with Crippen molar-refractivity contribution in [3.05, 3.63) is 35.4 Å². The van der Waals surface area contributed by atoms with Crippen molar-refractivity contribution in [1.29, 1.82) is 0 Å². The van der Waals surface area contributed by atoms with Crippen LogP contribution in [0, 0.1) is 12.8 Å². The summed E-state index contributed by atoms with van der Waals surface area (Å²) in [5.74, 6) is 0.313. The molecule has 0 N–H and O–H groups in total. The standard InChI is InChI=1S/C13H16O2/c1-10-5-2-3-7-12(10)13(14)11-6-4-8-15-9-11/h2-3,5,7,11H,4,6,8-9H2,1H3. The number of rotatable bonds is 2. The van der Waals surface area contributed by atoms with Crippen molar-refractivity contribution in [3.63, 3.8) is 0 Å². The molecule has 0 radical (unpaired) electrons. The van der Waals surface area contributed by atoms with E-state index in [1.54, 1.807) is 0 Å². The highest BCUT2D eigenvalue weighted by Gasteiger charge is 2.23. The number of Topliss-reactive ketones (excluding diaryl/α,β-unsaturated/α-hetero) is 1. The summed E-state index contributed by atoms with van der Waals surface area (Å²) in [6, 6.07) is 7.77. The van der Waals surface area contributed by atoms with Crippen LogP contribution >= 0.6 is 0 Å². The number of ketones is 1. The van der Waals surface area contributed by atoms with Gasteiger partial charge in [0.2, 0.25) is 0 Å². The van der Waals surface area contributed by atoms with E-state index in [4.69, 9.17) is 4.74 Å². The van der Waals surface area contributed by atoms with Crippen LogP contribution in [0.1, 0.15) is 28.8 Å². The summed E-state index contributed by atoms with van der Waals surface area (Å²) in [5.41, 5.74) is 1.92. The second-order valence-corrected chi connectivity index (χ2v) is 4.09. The lowest BCUT2D eigenvalue weighted by Gasteiger charge is -2.21. The average molecular weight is 204 g/mol. The highest BCUT2D eigenvalue weighted by molar-refractivity contribution is 5.99. The monoisotopic (exact) mass is 204 g/mol. The zero-order valence-corrected chi connectivity index (χ0v) is 9.03. The number of carbonyl (C=O) groups is 1. The Labute approximate surface area is 90.3 Å². The van der Waals surface area contributed by atoms with Crippen molar-refractivity contribution < 1.29 is 9.53 Å². The molecule has 80 valence electrons. The fraction of sp³-hybridized carbons (Fsp3) is 0.462. The van der Waals surface area contributed by atoms with E-state index < -0.39 is 0 Å². The van der Waals surface area contributed by atoms with Gasteiger partial charge in [-0.2, -0.15) is 0 Å². The molecule has 1 unspecified atom stereocenters. The van der Waals surface area contributed by atoms with Gasteiger partial charge in [0.05, 0.1) is 6.61 Å². The minimum absolute atomic E-state index is 0.0693. The highest BCUT2D eigenvalue weighted by atomic mass is 16.5. The highest BCUT2D eigenvalue weighted by Crippen LogP contribution is 2.20. The minimum atomic E-state index is 0.0693. The molecule has 0 saturated carbocycles. The maximum absolute atomic E-state index is 12.1. The number of aryl methyl sites for hydroxylation is 1. The number of benzene rings is 1. The van der Waals surface area contributed by atoms with Gasteiger partial charge in [-0.1, -0.05) is 24.3 Å². The summed E-state index contributed by atoms with van der Waals surface area (Å²) in [7, 11) is 0. The van der Waals surface area contributed by atoms with E-state index in [2.05, 4.69) is 0 Å². The van der Waals surface area contributed by atoms with E-state index in [1.165, 1.54) is 0 Å². The SMILES string of the molecule is Cc1ccccc1C(=O)C1CCCOC1. The number of hydrogen-bond acceptors (Lipinski definition) is 2. The Balaban J connectivity index is 2.16. The molecule has 1 fully saturated rings. The maximum Gasteiger partial charge on any atom is 0.168 e. The quantitative estimate of drug-likeness (QED) is 0.692. The summed E-state index contributed by atoms with van der Waals surface area (Å²) < 4.78 is 5.34. The first-order valence-corrected chi connectivity index (χ1v) is 5.46. The lowest BCUT2D eigenvalue weighted by Crippen LogP contribution is -2.25. The molecule has 2 nitrogen and oxygen atoms in total. The molecule has 1 heterocycles. The van der Waals surface area contributed by atoms with Crippen LogP contribution in [0.15, 0.2) is 24.3 Å². The summed E-state index contributed by atoms with van der Waals surface area (Å²) in [6.45, 7) is 3.38. The van der Waals surface area contributed by atoms with Crippen molar-refractivity contribution in [2.24, 2.45) is 5.92 Å². The number of hydrogen-bond donors (Lipinski definition) is 0. The molecule has 1 aliphatic heterocycles. The van der Waals surface area contributed by atoms with Gasteiger partial charge in [-0.15, -0.1) is 0 Å². The second kappa shape index (κ2) is 4.58. The van der Waals surface area contributed by atoms with Crippen LogP contribution in [-0.2, 0) is 4.74 Å². The molecule has 0 bridgehead atoms. The zero-order valence-electron chi connectivity index (χ0n) is 9.03. The molecule has 15 heavy (non-hydrogen) atoms. The van der Waals surface area contributed by atoms with Gasteiger partial charge in [0.25, 0.3) is 0 Å². The number of ether oxygens (including phenoxy) is 1. The van der Waals surface area contributed by atoms with Crippen LogP contribution in [0.4, 0.5) is 0 Å². The van der Waals surface area contributed by atoms with Crippen molar-refractivity contribution in [2.45, 2.75) is 19.8 Å². The normalized spacial score (nSPS) is 21.3. The molecule has 2 heteroatoms. The molecule has 1 aliphatic rings. The molecule has 2 rings (SSSR count). The molecule has 0 aromatic heterocycles. The molecule has 1 aromatic carbocycles. The topological polar surface area (TPSA) is 26.3 Å². The Bertz CT molecular complexity index is 351. The first-order chi connectivity index (χ1) is 7.29. The van der Waals surface area contributed by atoms with Gasteiger partial charge in [0.15, 0.2) is 5.78 Å². The molecule has 0 aliphatic carbocycles. The van der Waals surface area contributed by atoms with Gasteiger partial charge in [0, 0.05) is 18.1 Å². The van der Waals surface area contributed by atoms with Crippen molar-refractivity contribution in [3.8, 4) is 0 Å². The third-order valence-corrected chi connectivity index (χ3v) is 2.94. The van der Waals surface area contributed by atoms with Crippen LogP contribution in [0.5, 0.6) is 0 Å². The first-order valence-electron chi connectivity index (χ1n) is 5.46. The molecule has 1 aromatic rings. The first kappa shape index (κ1) is 10.4. The van der Waals surface area contributed by atoms with Crippen molar-refractivity contribution in [1.82, 2.24) is 0 Å². The van der Waals surface area contributed by atoms with Crippen LogP contribution in [-0.4, -0.2) is 19.0 Å². The summed E-state index contributed by atoms with van der Waals surface area (Å²) in [5, 5.41) is 0. The van der Waals surface area contributed by atoms with Crippen LogP contribution in [0.2, 0.25) is 0 Å². The smallest absolute Gasteiger partial charge is 0.168 e. The molecule has 1 atom stereocenters. The zero-order chi connectivity index (χ0) is 10.7. The van der Waals surface area contributed by atoms with Gasteiger partial charge < -0.3 is 4.74 Å². The summed E-state index contributed by atoms with van der Waals surface area (Å²) in [6.07, 6.45) is 1.97. The minimum Gasteiger partial charge on any atom is -0.381 e. The predicted octanol–water partition coefficient (Wildman–Crippen LogP) is 2.60. The molecular formula is C13H16O2. The van der Waals surface area contributed by atoms with E-state index >= 15 is 0 Å². The van der Waals surface area contributed by atoms with Gasteiger partial charge in [-0.3, -0.25) is 4.79 Å². The van der Waals surface area contributed by atoms with E-state index in [-0.39, 0.29) is 11.7 Å². The molecule has 0 amide bonds. The molecule has 1 saturated heterocycles. The van der Waals surface area contributed by atoms with Crippen molar-refractivity contribution in [2.75, 3.05) is 13.2 Å². The van der Waals surface area contributed by atoms with Crippen LogP contribution in [0.25, 0.3) is 0 Å². The molecule has 0 spiro atoms. The third-order valence-electron chi connectivity index (χ3n) is 2.94. The predicted molar refractivity (Wildman–Crippen MR) is 59.1 cm³/mol. The van der Waals surface area contributed by atoms with E-state index in [0.29, 0.717) is 6.61 Å². The van der Waals surface area contributed by atoms with Gasteiger partial charge in [0.1, 0.15) is 0 Å². The van der Waals surface area contributed by atoms with Crippen LogP contribution in [0.3, 0.4) is 0 Å². The Hall–Kier alpha value is -1.15. The summed E-state index contributed by atoms with van der Waals surface area (Å²) in [4.78, 5) is 12.1. The lowest BCUT2D eigenvalue weighted by molar-refractivity contribution is 0.0461. The van der Waals surface area contributed by atoms with Crippen molar-refractivity contribution >= 4 is 5.78 Å². The van der Waals surface area contributed by atoms with Gasteiger partial charge in [-0.25, -0.2) is 0 Å². The largest absolute Gasteiger partial charge is 0.381 e. The molecular weight excluding hydrogens is 188 g/mol. The van der Waals surface area contributed by atoms with Crippen LogP contribution < -0.4 is 0 Å². The van der Waals surface area contributed by atoms with E-state index in [1.807, 2.05) is 31.2 Å². The summed E-state index contributed by atoms with van der Waals surface area (Å²) >= 11 is 0.